The highest BCUT2D eigenvalue weighted by atomic mass is 79.9. The number of amides is 1. The SMILES string of the molecule is O=C(Nc1ccc(Br)cc1Br)c1csc(-c2ccsc2)n1. The average molecular weight is 444 g/mol. The van der Waals surface area contributed by atoms with Gasteiger partial charge in [0.25, 0.3) is 5.91 Å². The maximum absolute atomic E-state index is 12.2. The summed E-state index contributed by atoms with van der Waals surface area (Å²) in [6, 6.07) is 7.58. The van der Waals surface area contributed by atoms with Crippen molar-refractivity contribution in [1.29, 1.82) is 0 Å². The van der Waals surface area contributed by atoms with E-state index in [1.165, 1.54) is 11.3 Å². The Morgan fingerprint density at radius 1 is 1.19 bits per heavy atom. The van der Waals surface area contributed by atoms with E-state index in [9.17, 15) is 4.79 Å². The molecule has 7 heteroatoms. The predicted octanol–water partition coefficient (Wildman–Crippen LogP) is 5.65. The molecule has 0 fully saturated rings. The maximum atomic E-state index is 12.2. The number of nitrogens with one attached hydrogen (secondary N) is 1. The van der Waals surface area contributed by atoms with Crippen molar-refractivity contribution in [2.45, 2.75) is 0 Å². The second-order valence-electron chi connectivity index (χ2n) is 4.13. The molecule has 3 aromatic rings. The predicted molar refractivity (Wildman–Crippen MR) is 95.2 cm³/mol. The fraction of sp³-hybridized carbons (Fsp3) is 0. The van der Waals surface area contributed by atoms with E-state index in [2.05, 4.69) is 42.2 Å². The quantitative estimate of drug-likeness (QED) is 0.568. The van der Waals surface area contributed by atoms with Gasteiger partial charge in [0, 0.05) is 25.3 Å². The van der Waals surface area contributed by atoms with Gasteiger partial charge in [-0.2, -0.15) is 11.3 Å². The Hall–Kier alpha value is -1.02. The van der Waals surface area contributed by atoms with Crippen LogP contribution in [-0.2, 0) is 0 Å². The number of hydrogen-bond donors (Lipinski definition) is 1. The first kappa shape index (κ1) is 14.9. The Labute approximate surface area is 146 Å². The molecule has 0 saturated heterocycles. The summed E-state index contributed by atoms with van der Waals surface area (Å²) in [5.74, 6) is -0.212. The van der Waals surface area contributed by atoms with E-state index < -0.39 is 0 Å². The van der Waals surface area contributed by atoms with E-state index in [0.717, 1.165) is 19.5 Å². The standard InChI is InChI=1S/C14H8Br2N2OS2/c15-9-1-2-11(10(16)5-9)17-13(19)12-7-21-14(18-12)8-3-4-20-6-8/h1-7H,(H,17,19). The van der Waals surface area contributed by atoms with Crippen molar-refractivity contribution in [1.82, 2.24) is 4.98 Å². The maximum Gasteiger partial charge on any atom is 0.275 e. The molecule has 0 unspecified atom stereocenters. The van der Waals surface area contributed by atoms with Gasteiger partial charge in [-0.15, -0.1) is 11.3 Å². The lowest BCUT2D eigenvalue weighted by molar-refractivity contribution is 0.102. The Kier molecular flexibility index (Phi) is 4.54. The molecule has 0 radical (unpaired) electrons. The summed E-state index contributed by atoms with van der Waals surface area (Å²) in [4.78, 5) is 16.6. The van der Waals surface area contributed by atoms with E-state index in [4.69, 9.17) is 0 Å². The molecule has 1 N–H and O–H groups in total. The summed E-state index contributed by atoms with van der Waals surface area (Å²) < 4.78 is 1.76. The molecule has 1 amide bonds. The number of halogens is 2. The molecule has 0 bridgehead atoms. The van der Waals surface area contributed by atoms with Gasteiger partial charge < -0.3 is 5.32 Å². The molecule has 0 atom stereocenters. The summed E-state index contributed by atoms with van der Waals surface area (Å²) in [5.41, 5.74) is 2.19. The number of aromatic nitrogens is 1. The van der Waals surface area contributed by atoms with Crippen molar-refractivity contribution in [3.63, 3.8) is 0 Å². The van der Waals surface area contributed by atoms with E-state index in [1.54, 1.807) is 16.7 Å². The average Bonchev–Trinajstić information content (AvgIpc) is 3.10. The van der Waals surface area contributed by atoms with Crippen molar-refractivity contribution >= 4 is 66.1 Å². The third kappa shape index (κ3) is 3.42. The zero-order valence-electron chi connectivity index (χ0n) is 10.5. The fourth-order valence-electron chi connectivity index (χ4n) is 1.67. The van der Waals surface area contributed by atoms with Crippen LogP contribution in [0.4, 0.5) is 5.69 Å². The highest BCUT2D eigenvalue weighted by Gasteiger charge is 2.13. The summed E-state index contributed by atoms with van der Waals surface area (Å²) in [6.45, 7) is 0. The summed E-state index contributed by atoms with van der Waals surface area (Å²) >= 11 is 9.89. The van der Waals surface area contributed by atoms with E-state index >= 15 is 0 Å². The van der Waals surface area contributed by atoms with Crippen LogP contribution >= 0.6 is 54.5 Å². The number of nitrogens with zero attached hydrogens (tertiary/aromatic N) is 1. The number of rotatable bonds is 3. The normalized spacial score (nSPS) is 10.6. The van der Waals surface area contributed by atoms with Crippen LogP contribution < -0.4 is 5.32 Å². The monoisotopic (exact) mass is 442 g/mol. The second kappa shape index (κ2) is 6.39. The van der Waals surface area contributed by atoms with Crippen LogP contribution in [0.3, 0.4) is 0 Å². The number of carbonyl (C=O) groups is 1. The molecule has 1 aromatic carbocycles. The molecule has 2 aromatic heterocycles. The number of carbonyl (C=O) groups excluding carboxylic acids is 1. The van der Waals surface area contributed by atoms with Crippen molar-refractivity contribution < 1.29 is 4.79 Å². The van der Waals surface area contributed by atoms with Crippen molar-refractivity contribution in [2.24, 2.45) is 0 Å². The Balaban J connectivity index is 1.79. The van der Waals surface area contributed by atoms with Gasteiger partial charge in [0.15, 0.2) is 0 Å². The molecule has 3 rings (SSSR count). The van der Waals surface area contributed by atoms with Crippen LogP contribution in [0.15, 0.2) is 49.4 Å². The smallest absolute Gasteiger partial charge is 0.275 e. The lowest BCUT2D eigenvalue weighted by atomic mass is 10.3. The van der Waals surface area contributed by atoms with Crippen molar-refractivity contribution in [3.05, 3.63) is 55.0 Å². The zero-order chi connectivity index (χ0) is 14.8. The molecular formula is C14H8Br2N2OS2. The van der Waals surface area contributed by atoms with Gasteiger partial charge in [0.2, 0.25) is 0 Å². The van der Waals surface area contributed by atoms with Gasteiger partial charge in [0.05, 0.1) is 5.69 Å². The minimum Gasteiger partial charge on any atom is -0.320 e. The summed E-state index contributed by atoms with van der Waals surface area (Å²) in [5, 5.41) is 9.50. The molecule has 21 heavy (non-hydrogen) atoms. The Morgan fingerprint density at radius 3 is 2.76 bits per heavy atom. The number of anilines is 1. The van der Waals surface area contributed by atoms with E-state index in [-0.39, 0.29) is 5.91 Å². The number of hydrogen-bond acceptors (Lipinski definition) is 4. The van der Waals surface area contributed by atoms with Crippen LogP contribution in [0.1, 0.15) is 10.5 Å². The Morgan fingerprint density at radius 2 is 2.05 bits per heavy atom. The first-order valence-electron chi connectivity index (χ1n) is 5.88. The topological polar surface area (TPSA) is 42.0 Å². The Bertz CT molecular complexity index is 784. The van der Waals surface area contributed by atoms with Gasteiger partial charge in [-0.1, -0.05) is 15.9 Å². The lowest BCUT2D eigenvalue weighted by Crippen LogP contribution is -2.12. The molecule has 2 heterocycles. The van der Waals surface area contributed by atoms with Crippen LogP contribution in [0.25, 0.3) is 10.6 Å². The van der Waals surface area contributed by atoms with Crippen LogP contribution in [0, 0.1) is 0 Å². The van der Waals surface area contributed by atoms with Gasteiger partial charge >= 0.3 is 0 Å². The van der Waals surface area contributed by atoms with Gasteiger partial charge in [-0.05, 0) is 45.6 Å². The first-order chi connectivity index (χ1) is 10.1. The zero-order valence-corrected chi connectivity index (χ0v) is 15.3. The van der Waals surface area contributed by atoms with Crippen LogP contribution in [0.5, 0.6) is 0 Å². The molecule has 3 nitrogen and oxygen atoms in total. The molecule has 0 aliphatic carbocycles. The molecule has 0 spiro atoms. The van der Waals surface area contributed by atoms with Crippen molar-refractivity contribution in [3.8, 4) is 10.6 Å². The molecule has 0 aliphatic heterocycles. The third-order valence-electron chi connectivity index (χ3n) is 2.68. The minimum absolute atomic E-state index is 0.212. The van der Waals surface area contributed by atoms with Crippen LogP contribution in [-0.4, -0.2) is 10.9 Å². The highest BCUT2D eigenvalue weighted by Crippen LogP contribution is 2.28. The number of thiazole rings is 1. The summed E-state index contributed by atoms with van der Waals surface area (Å²) in [6.07, 6.45) is 0. The van der Waals surface area contributed by atoms with Crippen molar-refractivity contribution in [2.75, 3.05) is 5.32 Å². The minimum atomic E-state index is -0.212. The molecule has 0 aliphatic rings. The van der Waals surface area contributed by atoms with E-state index in [0.29, 0.717) is 11.4 Å². The molecular weight excluding hydrogens is 436 g/mol. The summed E-state index contributed by atoms with van der Waals surface area (Å²) in [7, 11) is 0. The van der Waals surface area contributed by atoms with Gasteiger partial charge in [0.1, 0.15) is 10.7 Å². The largest absolute Gasteiger partial charge is 0.320 e. The molecule has 0 saturated carbocycles. The first-order valence-corrected chi connectivity index (χ1v) is 9.29. The van der Waals surface area contributed by atoms with Crippen LogP contribution in [0.2, 0.25) is 0 Å². The van der Waals surface area contributed by atoms with Gasteiger partial charge in [-0.3, -0.25) is 4.79 Å². The highest BCUT2D eigenvalue weighted by molar-refractivity contribution is 9.11. The number of thiophene rings is 1. The lowest BCUT2D eigenvalue weighted by Gasteiger charge is -2.06. The third-order valence-corrected chi connectivity index (χ3v) is 5.41. The van der Waals surface area contributed by atoms with Gasteiger partial charge in [-0.25, -0.2) is 4.98 Å². The fourth-order valence-corrected chi connectivity index (χ4v) is 4.33. The second-order valence-corrected chi connectivity index (χ2v) is 7.54. The van der Waals surface area contributed by atoms with E-state index in [1.807, 2.05) is 35.0 Å². The molecule has 106 valence electrons. The number of benzene rings is 1.